The average Bonchev–Trinajstić information content (AvgIpc) is 2.87. The largest absolute Gasteiger partial charge is 0.325 e. The standard InChI is InChI=1S/C17H22Cl2N2/c1-2-12-6-8-13(9-7-12)21-15-5-3-4-14(19)17(15)20-16(21)10-11-18/h3-5,12-13H,2,6-11H2,1H3. The van der Waals surface area contributed by atoms with Crippen molar-refractivity contribution in [1.82, 2.24) is 9.55 Å². The quantitative estimate of drug-likeness (QED) is 0.668. The molecule has 1 heterocycles. The molecule has 1 aliphatic rings. The Bertz CT molecular complexity index is 613. The van der Waals surface area contributed by atoms with E-state index in [0.29, 0.717) is 11.9 Å². The number of aromatic nitrogens is 2. The zero-order chi connectivity index (χ0) is 14.8. The summed E-state index contributed by atoms with van der Waals surface area (Å²) in [5.41, 5.74) is 2.10. The molecular weight excluding hydrogens is 303 g/mol. The topological polar surface area (TPSA) is 17.8 Å². The van der Waals surface area contributed by atoms with Gasteiger partial charge >= 0.3 is 0 Å². The minimum absolute atomic E-state index is 0.550. The molecular formula is C17H22Cl2N2. The van der Waals surface area contributed by atoms with Crippen molar-refractivity contribution in [2.75, 3.05) is 5.88 Å². The molecule has 1 aromatic carbocycles. The molecule has 1 aliphatic carbocycles. The highest BCUT2D eigenvalue weighted by atomic mass is 35.5. The van der Waals surface area contributed by atoms with Crippen LogP contribution in [0.3, 0.4) is 0 Å². The number of hydrogen-bond donors (Lipinski definition) is 0. The first-order chi connectivity index (χ1) is 10.2. The number of aryl methyl sites for hydroxylation is 1. The highest BCUT2D eigenvalue weighted by Gasteiger charge is 2.25. The van der Waals surface area contributed by atoms with Gasteiger partial charge in [0.1, 0.15) is 11.3 Å². The van der Waals surface area contributed by atoms with Crippen molar-refractivity contribution >= 4 is 34.2 Å². The Hall–Kier alpha value is -0.730. The Balaban J connectivity index is 2.00. The first kappa shape index (κ1) is 15.2. The van der Waals surface area contributed by atoms with Gasteiger partial charge in [-0.15, -0.1) is 11.6 Å². The molecule has 0 atom stereocenters. The van der Waals surface area contributed by atoms with Gasteiger partial charge in [-0.05, 0) is 43.7 Å². The van der Waals surface area contributed by atoms with Crippen molar-refractivity contribution in [2.45, 2.75) is 51.5 Å². The maximum absolute atomic E-state index is 6.32. The second kappa shape index (κ2) is 6.58. The van der Waals surface area contributed by atoms with Crippen LogP contribution in [0.5, 0.6) is 0 Å². The number of halogens is 2. The third-order valence-corrected chi connectivity index (χ3v) is 5.31. The van der Waals surface area contributed by atoms with Crippen LogP contribution >= 0.6 is 23.2 Å². The lowest BCUT2D eigenvalue weighted by Crippen LogP contribution is -2.19. The molecule has 1 saturated carbocycles. The minimum atomic E-state index is 0.550. The maximum atomic E-state index is 6.32. The molecule has 1 fully saturated rings. The number of fused-ring (bicyclic) bond motifs is 1. The lowest BCUT2D eigenvalue weighted by Gasteiger charge is -2.30. The normalized spacial score (nSPS) is 22.8. The van der Waals surface area contributed by atoms with Gasteiger partial charge in [-0.1, -0.05) is 31.0 Å². The summed E-state index contributed by atoms with van der Waals surface area (Å²) in [6, 6.07) is 6.62. The van der Waals surface area contributed by atoms with Crippen molar-refractivity contribution in [2.24, 2.45) is 5.92 Å². The van der Waals surface area contributed by atoms with E-state index < -0.39 is 0 Å². The molecule has 0 spiro atoms. The third kappa shape index (κ3) is 2.93. The Labute approximate surface area is 136 Å². The van der Waals surface area contributed by atoms with Gasteiger partial charge in [0, 0.05) is 18.3 Å². The lowest BCUT2D eigenvalue weighted by molar-refractivity contribution is 0.270. The highest BCUT2D eigenvalue weighted by Crippen LogP contribution is 2.37. The number of hydrogen-bond acceptors (Lipinski definition) is 1. The van der Waals surface area contributed by atoms with Gasteiger partial charge in [-0.3, -0.25) is 0 Å². The SMILES string of the molecule is CCC1CCC(n2c(CCCl)nc3c(Cl)cccc32)CC1. The monoisotopic (exact) mass is 324 g/mol. The fraction of sp³-hybridized carbons (Fsp3) is 0.588. The van der Waals surface area contributed by atoms with Gasteiger partial charge in [0.2, 0.25) is 0 Å². The van der Waals surface area contributed by atoms with Crippen molar-refractivity contribution in [3.05, 3.63) is 29.0 Å². The summed E-state index contributed by atoms with van der Waals surface area (Å²) in [4.78, 5) is 4.76. The zero-order valence-corrected chi connectivity index (χ0v) is 14.0. The van der Waals surface area contributed by atoms with Crippen molar-refractivity contribution in [3.8, 4) is 0 Å². The molecule has 3 rings (SSSR count). The Kier molecular flexibility index (Phi) is 4.75. The number of nitrogens with zero attached hydrogens (tertiary/aromatic N) is 2. The highest BCUT2D eigenvalue weighted by molar-refractivity contribution is 6.34. The van der Waals surface area contributed by atoms with Gasteiger partial charge < -0.3 is 4.57 Å². The van der Waals surface area contributed by atoms with Crippen LogP contribution in [0.2, 0.25) is 5.02 Å². The number of alkyl halides is 1. The van der Waals surface area contributed by atoms with E-state index in [0.717, 1.165) is 28.7 Å². The summed E-state index contributed by atoms with van der Waals surface area (Å²) in [5, 5.41) is 0.740. The third-order valence-electron chi connectivity index (χ3n) is 4.82. The smallest absolute Gasteiger partial charge is 0.111 e. The molecule has 2 nitrogen and oxygen atoms in total. The average molecular weight is 325 g/mol. The minimum Gasteiger partial charge on any atom is -0.325 e. The van der Waals surface area contributed by atoms with Crippen LogP contribution in [0.25, 0.3) is 11.0 Å². The second-order valence-electron chi connectivity index (χ2n) is 6.03. The van der Waals surface area contributed by atoms with Crippen LogP contribution in [-0.2, 0) is 6.42 Å². The molecule has 0 radical (unpaired) electrons. The predicted molar refractivity (Wildman–Crippen MR) is 90.5 cm³/mol. The fourth-order valence-corrected chi connectivity index (χ4v) is 3.99. The van der Waals surface area contributed by atoms with Crippen LogP contribution in [0, 0.1) is 5.92 Å². The summed E-state index contributed by atoms with van der Waals surface area (Å²) < 4.78 is 2.41. The predicted octanol–water partition coefficient (Wildman–Crippen LogP) is 5.61. The molecule has 0 unspecified atom stereocenters. The number of rotatable bonds is 4. The lowest BCUT2D eigenvalue weighted by atomic mass is 9.84. The Morgan fingerprint density at radius 1 is 1.24 bits per heavy atom. The van der Waals surface area contributed by atoms with Gasteiger partial charge in [0.25, 0.3) is 0 Å². The molecule has 4 heteroatoms. The molecule has 114 valence electrons. The maximum Gasteiger partial charge on any atom is 0.111 e. The Morgan fingerprint density at radius 3 is 2.67 bits per heavy atom. The van der Waals surface area contributed by atoms with E-state index in [9.17, 15) is 0 Å². The van der Waals surface area contributed by atoms with E-state index >= 15 is 0 Å². The number of para-hydroxylation sites is 1. The fourth-order valence-electron chi connectivity index (χ4n) is 3.61. The summed E-state index contributed by atoms with van der Waals surface area (Å²) in [6.45, 7) is 2.30. The molecule has 2 aromatic rings. The van der Waals surface area contributed by atoms with Crippen molar-refractivity contribution < 1.29 is 0 Å². The summed E-state index contributed by atoms with van der Waals surface area (Å²) in [6.07, 6.45) is 7.24. The number of imidazole rings is 1. The first-order valence-electron chi connectivity index (χ1n) is 7.95. The van der Waals surface area contributed by atoms with E-state index in [1.165, 1.54) is 37.6 Å². The summed E-state index contributed by atoms with van der Waals surface area (Å²) >= 11 is 12.3. The van der Waals surface area contributed by atoms with E-state index in [1.807, 2.05) is 12.1 Å². The second-order valence-corrected chi connectivity index (χ2v) is 6.81. The summed E-state index contributed by atoms with van der Waals surface area (Å²) in [7, 11) is 0. The molecule has 0 aliphatic heterocycles. The van der Waals surface area contributed by atoms with Gasteiger partial charge in [-0.2, -0.15) is 0 Å². The first-order valence-corrected chi connectivity index (χ1v) is 8.87. The molecule has 21 heavy (non-hydrogen) atoms. The molecule has 0 bridgehead atoms. The van der Waals surface area contributed by atoms with Crippen LogP contribution < -0.4 is 0 Å². The summed E-state index contributed by atoms with van der Waals surface area (Å²) in [5.74, 6) is 2.59. The van der Waals surface area contributed by atoms with Crippen LogP contribution in [0.15, 0.2) is 18.2 Å². The van der Waals surface area contributed by atoms with E-state index in [4.69, 9.17) is 28.2 Å². The van der Waals surface area contributed by atoms with Crippen LogP contribution in [-0.4, -0.2) is 15.4 Å². The molecule has 0 amide bonds. The number of benzene rings is 1. The van der Waals surface area contributed by atoms with E-state index in [-0.39, 0.29) is 0 Å². The van der Waals surface area contributed by atoms with Gasteiger partial charge in [0.05, 0.1) is 10.5 Å². The molecule has 0 N–H and O–H groups in total. The van der Waals surface area contributed by atoms with Crippen LogP contribution in [0.1, 0.15) is 50.9 Å². The van der Waals surface area contributed by atoms with Gasteiger partial charge in [-0.25, -0.2) is 4.98 Å². The van der Waals surface area contributed by atoms with Crippen LogP contribution in [0.4, 0.5) is 0 Å². The van der Waals surface area contributed by atoms with Crippen molar-refractivity contribution in [1.29, 1.82) is 0 Å². The zero-order valence-electron chi connectivity index (χ0n) is 12.5. The molecule has 1 aromatic heterocycles. The van der Waals surface area contributed by atoms with Gasteiger partial charge in [0.15, 0.2) is 0 Å². The molecule has 0 saturated heterocycles. The Morgan fingerprint density at radius 2 is 2.00 bits per heavy atom. The van der Waals surface area contributed by atoms with E-state index in [1.54, 1.807) is 0 Å². The van der Waals surface area contributed by atoms with Crippen molar-refractivity contribution in [3.63, 3.8) is 0 Å². The van der Waals surface area contributed by atoms with E-state index in [2.05, 4.69) is 17.6 Å².